The number of nitrogens with zero attached hydrogens (tertiary/aromatic N) is 5. The molecule has 0 spiro atoms. The minimum Gasteiger partial charge on any atom is -0.350 e. The van der Waals surface area contributed by atoms with Gasteiger partial charge < -0.3 is 20.1 Å². The zero-order valence-electron chi connectivity index (χ0n) is 22.2. The van der Waals surface area contributed by atoms with E-state index in [1.54, 1.807) is 18.2 Å². The van der Waals surface area contributed by atoms with Crippen molar-refractivity contribution in [3.63, 3.8) is 0 Å². The van der Waals surface area contributed by atoms with Crippen LogP contribution in [0.1, 0.15) is 35.4 Å². The summed E-state index contributed by atoms with van der Waals surface area (Å²) in [5.74, 6) is -4.32. The van der Waals surface area contributed by atoms with Gasteiger partial charge in [0.25, 0.3) is 5.91 Å². The lowest BCUT2D eigenvalue weighted by Gasteiger charge is -2.29. The average molecular weight is 582 g/mol. The number of anilines is 1. The smallest absolute Gasteiger partial charge is 0.333 e. The van der Waals surface area contributed by atoms with Crippen molar-refractivity contribution in [1.29, 1.82) is 5.26 Å². The molecule has 0 saturated carbocycles. The third kappa shape index (κ3) is 5.28. The third-order valence-corrected chi connectivity index (χ3v) is 7.06. The summed E-state index contributed by atoms with van der Waals surface area (Å²) in [4.78, 5) is 44.2. The summed E-state index contributed by atoms with van der Waals surface area (Å²) < 4.78 is 54.2. The molecule has 216 valence electrons. The van der Waals surface area contributed by atoms with E-state index < -0.39 is 54.4 Å². The van der Waals surface area contributed by atoms with E-state index in [1.807, 2.05) is 6.07 Å². The molecule has 2 aromatic carbocycles. The van der Waals surface area contributed by atoms with Crippen LogP contribution in [0.3, 0.4) is 0 Å². The molecule has 2 unspecified atom stereocenters. The highest BCUT2D eigenvalue weighted by molar-refractivity contribution is 6.04. The molecule has 3 heterocycles. The van der Waals surface area contributed by atoms with Gasteiger partial charge in [-0.3, -0.25) is 14.4 Å². The van der Waals surface area contributed by atoms with Crippen molar-refractivity contribution >= 4 is 34.3 Å². The predicted octanol–water partition coefficient (Wildman–Crippen LogP) is 4.25. The van der Waals surface area contributed by atoms with Crippen LogP contribution in [-0.2, 0) is 9.59 Å². The van der Waals surface area contributed by atoms with Crippen molar-refractivity contribution in [2.75, 3.05) is 25.5 Å². The maximum absolute atomic E-state index is 14.1. The second-order valence-corrected chi connectivity index (χ2v) is 9.85. The standard InChI is InChI=1S/C28H23F4N7O3/c1-14(11-33)38(25(40)13-37(2)27(42)24-10-18-20(30)8-16(29)9-23(18)34-24)12-19-17-7-15(3-4-22(17)35-26(19)41)21-5-6-39(36-21)28(31)32/h3-10,14,19,28,34H,12-13H2,1-2H3,(H,35,41). The lowest BCUT2D eigenvalue weighted by molar-refractivity contribution is -0.133. The number of carbonyl (C=O) groups is 3. The summed E-state index contributed by atoms with van der Waals surface area (Å²) in [5, 5.41) is 16.2. The number of hydrogen-bond acceptors (Lipinski definition) is 5. The molecule has 2 atom stereocenters. The van der Waals surface area contributed by atoms with Crippen LogP contribution in [0.5, 0.6) is 0 Å². The second kappa shape index (κ2) is 11.0. The number of nitrogens with one attached hydrogen (secondary N) is 2. The van der Waals surface area contributed by atoms with Gasteiger partial charge in [-0.2, -0.15) is 19.1 Å². The van der Waals surface area contributed by atoms with Gasteiger partial charge in [0.1, 0.15) is 23.4 Å². The first-order chi connectivity index (χ1) is 20.0. The van der Waals surface area contributed by atoms with Gasteiger partial charge in [-0.25, -0.2) is 13.5 Å². The van der Waals surface area contributed by atoms with E-state index in [2.05, 4.69) is 15.4 Å². The molecule has 42 heavy (non-hydrogen) atoms. The number of nitriles is 1. The van der Waals surface area contributed by atoms with Gasteiger partial charge >= 0.3 is 6.55 Å². The number of halogens is 4. The number of amides is 3. The fourth-order valence-corrected chi connectivity index (χ4v) is 4.86. The number of benzene rings is 2. The molecule has 1 aliphatic rings. The monoisotopic (exact) mass is 581 g/mol. The maximum atomic E-state index is 14.1. The molecular weight excluding hydrogens is 558 g/mol. The number of fused-ring (bicyclic) bond motifs is 2. The summed E-state index contributed by atoms with van der Waals surface area (Å²) in [6.07, 6.45) is 1.13. The number of H-pyrrole nitrogens is 1. The third-order valence-electron chi connectivity index (χ3n) is 7.06. The minimum absolute atomic E-state index is 0.00505. The maximum Gasteiger partial charge on any atom is 0.333 e. The van der Waals surface area contributed by atoms with Crippen LogP contribution in [0.4, 0.5) is 23.2 Å². The van der Waals surface area contributed by atoms with Crippen LogP contribution < -0.4 is 5.32 Å². The van der Waals surface area contributed by atoms with Crippen LogP contribution in [0.25, 0.3) is 22.2 Å². The largest absolute Gasteiger partial charge is 0.350 e. The summed E-state index contributed by atoms with van der Waals surface area (Å²) in [6, 6.07) is 10.2. The molecule has 4 aromatic rings. The number of aromatic nitrogens is 3. The molecule has 10 nitrogen and oxygen atoms in total. The Hall–Kier alpha value is -5.19. The van der Waals surface area contributed by atoms with E-state index >= 15 is 0 Å². The molecule has 0 aliphatic carbocycles. The lowest BCUT2D eigenvalue weighted by Crippen LogP contribution is -2.47. The van der Waals surface area contributed by atoms with Crippen LogP contribution in [0, 0.1) is 23.0 Å². The van der Waals surface area contributed by atoms with E-state index in [4.69, 9.17) is 0 Å². The highest BCUT2D eigenvalue weighted by atomic mass is 19.3. The first-order valence-corrected chi connectivity index (χ1v) is 12.7. The molecule has 0 saturated heterocycles. The van der Waals surface area contributed by atoms with E-state index in [9.17, 15) is 37.2 Å². The van der Waals surface area contributed by atoms with Crippen molar-refractivity contribution in [1.82, 2.24) is 24.6 Å². The number of hydrogen-bond donors (Lipinski definition) is 2. The highest BCUT2D eigenvalue weighted by Crippen LogP contribution is 2.36. The zero-order chi connectivity index (χ0) is 30.3. The topological polar surface area (TPSA) is 127 Å². The summed E-state index contributed by atoms with van der Waals surface area (Å²) in [7, 11) is 1.33. The molecule has 2 aromatic heterocycles. The Labute approximate surface area is 236 Å². The van der Waals surface area contributed by atoms with Gasteiger partial charge in [0.15, 0.2) is 0 Å². The molecule has 14 heteroatoms. The Morgan fingerprint density at radius 3 is 2.62 bits per heavy atom. The van der Waals surface area contributed by atoms with E-state index in [-0.39, 0.29) is 28.8 Å². The predicted molar refractivity (Wildman–Crippen MR) is 142 cm³/mol. The molecule has 1 aliphatic heterocycles. The minimum atomic E-state index is -2.82. The Morgan fingerprint density at radius 2 is 1.93 bits per heavy atom. The Bertz CT molecular complexity index is 1760. The molecule has 5 rings (SSSR count). The van der Waals surface area contributed by atoms with Gasteiger partial charge in [-0.15, -0.1) is 0 Å². The van der Waals surface area contributed by atoms with Crippen molar-refractivity contribution in [3.8, 4) is 17.3 Å². The number of carbonyl (C=O) groups excluding carboxylic acids is 3. The summed E-state index contributed by atoms with van der Waals surface area (Å²) in [5.41, 5.74) is 1.69. The van der Waals surface area contributed by atoms with Gasteiger partial charge in [-0.1, -0.05) is 6.07 Å². The normalized spacial score (nSPS) is 14.9. The van der Waals surface area contributed by atoms with Gasteiger partial charge in [0.05, 0.1) is 29.7 Å². The van der Waals surface area contributed by atoms with Crippen molar-refractivity contribution in [2.45, 2.75) is 25.4 Å². The van der Waals surface area contributed by atoms with Crippen LogP contribution in [-0.4, -0.2) is 68.5 Å². The molecule has 0 fully saturated rings. The van der Waals surface area contributed by atoms with Crippen molar-refractivity contribution < 1.29 is 31.9 Å². The number of rotatable bonds is 8. The SMILES string of the molecule is CC(C#N)N(CC1C(=O)Nc2ccc(-c3ccn(C(F)F)n3)cc21)C(=O)CN(C)C(=O)c1cc2c(F)cc(F)cc2[nH]1. The van der Waals surface area contributed by atoms with Crippen molar-refractivity contribution in [3.05, 3.63) is 71.6 Å². The first-order valence-electron chi connectivity index (χ1n) is 12.7. The molecule has 0 bridgehead atoms. The molecule has 2 N–H and O–H groups in total. The van der Waals surface area contributed by atoms with Gasteiger partial charge in [0, 0.05) is 42.5 Å². The Kier molecular flexibility index (Phi) is 7.42. The van der Waals surface area contributed by atoms with Crippen LogP contribution in [0.2, 0.25) is 0 Å². The first kappa shape index (κ1) is 28.3. The van der Waals surface area contributed by atoms with Gasteiger partial charge in [0.2, 0.25) is 11.8 Å². The van der Waals surface area contributed by atoms with E-state index in [0.717, 1.165) is 17.2 Å². The number of alkyl halides is 2. The van der Waals surface area contributed by atoms with Crippen molar-refractivity contribution in [2.24, 2.45) is 0 Å². The van der Waals surface area contributed by atoms with Crippen LogP contribution in [0.15, 0.2) is 48.7 Å². The fourth-order valence-electron chi connectivity index (χ4n) is 4.86. The summed E-state index contributed by atoms with van der Waals surface area (Å²) in [6.45, 7) is -2.04. The molecule has 0 radical (unpaired) electrons. The zero-order valence-corrected chi connectivity index (χ0v) is 22.2. The van der Waals surface area contributed by atoms with E-state index in [1.165, 1.54) is 31.0 Å². The van der Waals surface area contributed by atoms with Gasteiger partial charge in [-0.05, 0) is 42.8 Å². The quantitative estimate of drug-likeness (QED) is 0.301. The van der Waals surface area contributed by atoms with Crippen LogP contribution >= 0.6 is 0 Å². The highest BCUT2D eigenvalue weighted by Gasteiger charge is 2.36. The fraction of sp³-hybridized carbons (Fsp3) is 0.250. The number of likely N-dealkylation sites (N-methyl/N-ethyl adjacent to an activating group) is 1. The summed E-state index contributed by atoms with van der Waals surface area (Å²) >= 11 is 0. The number of aromatic amines is 1. The molecule has 3 amide bonds. The lowest BCUT2D eigenvalue weighted by atomic mass is 9.96. The molecular formula is C28H23F4N7O3. The Morgan fingerprint density at radius 1 is 1.17 bits per heavy atom. The Balaban J connectivity index is 1.35. The average Bonchev–Trinajstić information content (AvgIpc) is 3.67. The second-order valence-electron chi connectivity index (χ2n) is 9.85. The van der Waals surface area contributed by atoms with E-state index in [0.29, 0.717) is 27.6 Å².